The van der Waals surface area contributed by atoms with Crippen LogP contribution in [0.3, 0.4) is 0 Å². The van der Waals surface area contributed by atoms with Crippen molar-refractivity contribution in [2.45, 2.75) is 6.18 Å². The maximum Gasteiger partial charge on any atom is 0.419 e. The summed E-state index contributed by atoms with van der Waals surface area (Å²) < 4.78 is 41.9. The number of terminal acetylenes is 1. The van der Waals surface area contributed by atoms with Crippen LogP contribution in [0.2, 0.25) is 10.2 Å². The van der Waals surface area contributed by atoms with Crippen molar-refractivity contribution >= 4 is 23.2 Å². The normalized spacial score (nSPS) is 11.0. The lowest BCUT2D eigenvalue weighted by molar-refractivity contribution is -0.137. The molecule has 1 aromatic rings. The molecule has 0 bridgehead atoms. The molecule has 1 heterocycles. The van der Waals surface area contributed by atoms with Gasteiger partial charge in [0.25, 0.3) is 0 Å². The van der Waals surface area contributed by atoms with E-state index >= 15 is 0 Å². The molecule has 0 amide bonds. The summed E-state index contributed by atoms with van der Waals surface area (Å²) in [7, 11) is 0. The molecule has 0 radical (unpaired) electrons. The van der Waals surface area contributed by atoms with E-state index in [1.807, 2.05) is 0 Å². The number of halogens is 5. The fourth-order valence-electron chi connectivity index (χ4n) is 0.861. The average molecular weight is 270 g/mol. The van der Waals surface area contributed by atoms with E-state index in [1.165, 1.54) is 0 Å². The van der Waals surface area contributed by atoms with Gasteiger partial charge in [0.05, 0.1) is 5.56 Å². The van der Waals surface area contributed by atoms with Crippen LogP contribution in [0.4, 0.5) is 13.2 Å². The summed E-state index contributed by atoms with van der Waals surface area (Å²) in [4.78, 5) is 3.37. The molecule has 7 heteroatoms. The summed E-state index contributed by atoms with van der Waals surface area (Å²) in [6, 6.07) is 0.642. The fraction of sp³-hybridized carbons (Fsp3) is 0.222. The van der Waals surface area contributed by atoms with Gasteiger partial charge in [-0.05, 0) is 6.07 Å². The molecule has 0 saturated heterocycles. The van der Waals surface area contributed by atoms with Crippen molar-refractivity contribution in [2.24, 2.45) is 0 Å². The van der Waals surface area contributed by atoms with Crippen molar-refractivity contribution in [3.63, 3.8) is 0 Å². The van der Waals surface area contributed by atoms with Gasteiger partial charge >= 0.3 is 6.18 Å². The Balaban J connectivity index is 3.13. The second-order valence-corrected chi connectivity index (χ2v) is 3.37. The molecular formula is C9H4Cl2F3NO. The molecule has 0 saturated carbocycles. The van der Waals surface area contributed by atoms with Crippen LogP contribution in [0.25, 0.3) is 0 Å². The highest BCUT2D eigenvalue weighted by molar-refractivity contribution is 6.33. The summed E-state index contributed by atoms with van der Waals surface area (Å²) in [5.74, 6) is 1.90. The molecule has 16 heavy (non-hydrogen) atoms. The van der Waals surface area contributed by atoms with Gasteiger partial charge in [0.2, 0.25) is 5.88 Å². The summed E-state index contributed by atoms with van der Waals surface area (Å²) in [6.45, 7) is -0.158. The van der Waals surface area contributed by atoms with Crippen LogP contribution in [-0.4, -0.2) is 11.6 Å². The van der Waals surface area contributed by atoms with Crippen molar-refractivity contribution < 1.29 is 17.9 Å². The molecule has 0 N–H and O–H groups in total. The van der Waals surface area contributed by atoms with Gasteiger partial charge < -0.3 is 4.74 Å². The standard InChI is InChI=1S/C9H4Cl2F3NO/c1-2-3-16-8-6(10)4-5(7(11)15-8)9(12,13)14/h1,4H,3H2. The molecule has 86 valence electrons. The topological polar surface area (TPSA) is 22.1 Å². The van der Waals surface area contributed by atoms with Crippen LogP contribution < -0.4 is 4.74 Å². The summed E-state index contributed by atoms with van der Waals surface area (Å²) in [5.41, 5.74) is -1.12. The Kier molecular flexibility index (Phi) is 3.89. The Bertz CT molecular complexity index is 440. The molecule has 0 atom stereocenters. The number of rotatable bonds is 2. The molecule has 0 unspecified atom stereocenters. The predicted molar refractivity (Wildman–Crippen MR) is 53.6 cm³/mol. The third-order valence-corrected chi connectivity index (χ3v) is 2.05. The lowest BCUT2D eigenvalue weighted by atomic mass is 10.3. The third kappa shape index (κ3) is 2.94. The van der Waals surface area contributed by atoms with Crippen molar-refractivity contribution in [3.05, 3.63) is 21.8 Å². The summed E-state index contributed by atoms with van der Waals surface area (Å²) >= 11 is 10.9. The molecule has 0 aromatic carbocycles. The first-order valence-electron chi connectivity index (χ1n) is 3.85. The van der Waals surface area contributed by atoms with Gasteiger partial charge in [-0.1, -0.05) is 29.1 Å². The number of pyridine rings is 1. The maximum atomic E-state index is 12.4. The Hall–Kier alpha value is -1.12. The second kappa shape index (κ2) is 4.81. The van der Waals surface area contributed by atoms with Gasteiger partial charge in [-0.25, -0.2) is 0 Å². The largest absolute Gasteiger partial charge is 0.463 e. The monoisotopic (exact) mass is 269 g/mol. The van der Waals surface area contributed by atoms with E-state index in [0.717, 1.165) is 0 Å². The van der Waals surface area contributed by atoms with Gasteiger partial charge in [0.1, 0.15) is 10.2 Å². The Morgan fingerprint density at radius 3 is 2.56 bits per heavy atom. The number of hydrogen-bond acceptors (Lipinski definition) is 2. The molecule has 0 fully saturated rings. The van der Waals surface area contributed by atoms with E-state index in [2.05, 4.69) is 10.9 Å². The van der Waals surface area contributed by atoms with Crippen molar-refractivity contribution in [1.82, 2.24) is 4.98 Å². The lowest BCUT2D eigenvalue weighted by Crippen LogP contribution is -2.08. The van der Waals surface area contributed by atoms with Crippen molar-refractivity contribution in [2.75, 3.05) is 6.61 Å². The minimum atomic E-state index is -4.61. The molecule has 0 aliphatic rings. The lowest BCUT2D eigenvalue weighted by Gasteiger charge is -2.10. The quantitative estimate of drug-likeness (QED) is 0.606. The van der Waals surface area contributed by atoms with Crippen LogP contribution in [0.5, 0.6) is 5.88 Å². The van der Waals surface area contributed by atoms with Crippen LogP contribution in [0.15, 0.2) is 6.07 Å². The van der Waals surface area contributed by atoms with Crippen molar-refractivity contribution in [3.8, 4) is 18.2 Å². The summed E-state index contributed by atoms with van der Waals surface area (Å²) in [6.07, 6.45) is 0.292. The highest BCUT2D eigenvalue weighted by Crippen LogP contribution is 2.37. The number of ether oxygens (including phenoxy) is 1. The molecule has 1 aromatic heterocycles. The predicted octanol–water partition coefficient (Wildman–Crippen LogP) is 3.42. The number of hydrogen-bond donors (Lipinski definition) is 0. The van der Waals surface area contributed by atoms with Gasteiger partial charge in [-0.2, -0.15) is 18.2 Å². The second-order valence-electron chi connectivity index (χ2n) is 2.60. The first kappa shape index (κ1) is 12.9. The van der Waals surface area contributed by atoms with E-state index in [0.29, 0.717) is 6.07 Å². The molecule has 1 rings (SSSR count). The first-order chi connectivity index (χ1) is 7.36. The number of aromatic nitrogens is 1. The van der Waals surface area contributed by atoms with Crippen molar-refractivity contribution in [1.29, 1.82) is 0 Å². The number of alkyl halides is 3. The van der Waals surface area contributed by atoms with E-state index in [-0.39, 0.29) is 17.5 Å². The minimum Gasteiger partial charge on any atom is -0.463 e. The Morgan fingerprint density at radius 2 is 2.06 bits per heavy atom. The van der Waals surface area contributed by atoms with Gasteiger partial charge in [-0.15, -0.1) is 6.42 Å². The zero-order chi connectivity index (χ0) is 12.3. The first-order valence-corrected chi connectivity index (χ1v) is 4.61. The van der Waals surface area contributed by atoms with Gasteiger partial charge in [0, 0.05) is 0 Å². The van der Waals surface area contributed by atoms with E-state index in [4.69, 9.17) is 34.4 Å². The smallest absolute Gasteiger partial charge is 0.419 e. The van der Waals surface area contributed by atoms with Gasteiger partial charge in [0.15, 0.2) is 6.61 Å². The Morgan fingerprint density at radius 1 is 1.44 bits per heavy atom. The van der Waals surface area contributed by atoms with E-state index < -0.39 is 16.9 Å². The highest BCUT2D eigenvalue weighted by Gasteiger charge is 2.35. The Labute approximate surface area is 99.3 Å². The zero-order valence-corrected chi connectivity index (χ0v) is 9.12. The molecular weight excluding hydrogens is 266 g/mol. The summed E-state index contributed by atoms with van der Waals surface area (Å²) in [5, 5.41) is -1.03. The molecule has 0 aliphatic carbocycles. The average Bonchev–Trinajstić information content (AvgIpc) is 2.17. The van der Waals surface area contributed by atoms with Crippen LogP contribution in [0, 0.1) is 12.3 Å². The highest BCUT2D eigenvalue weighted by atomic mass is 35.5. The minimum absolute atomic E-state index is 0.158. The molecule has 0 aliphatic heterocycles. The fourth-order valence-corrected chi connectivity index (χ4v) is 1.31. The zero-order valence-electron chi connectivity index (χ0n) is 7.61. The molecule has 2 nitrogen and oxygen atoms in total. The van der Waals surface area contributed by atoms with Crippen LogP contribution in [0.1, 0.15) is 5.56 Å². The SMILES string of the molecule is C#CCOc1nc(Cl)c(C(F)(F)F)cc1Cl. The maximum absolute atomic E-state index is 12.4. The van der Waals surface area contributed by atoms with E-state index in [1.54, 1.807) is 0 Å². The van der Waals surface area contributed by atoms with Gasteiger partial charge in [-0.3, -0.25) is 0 Å². The third-order valence-electron chi connectivity index (χ3n) is 1.49. The number of nitrogens with zero attached hydrogens (tertiary/aromatic N) is 1. The van der Waals surface area contributed by atoms with Crippen LogP contribution >= 0.6 is 23.2 Å². The van der Waals surface area contributed by atoms with Crippen LogP contribution in [-0.2, 0) is 6.18 Å². The molecule has 0 spiro atoms. The van der Waals surface area contributed by atoms with E-state index in [9.17, 15) is 13.2 Å².